The molecule has 16 nitrogen and oxygen atoms in total. The van der Waals surface area contributed by atoms with Gasteiger partial charge >= 0.3 is 0 Å². The minimum absolute atomic E-state index is 0.144. The van der Waals surface area contributed by atoms with Crippen LogP contribution >= 0.6 is 12.0 Å². The summed E-state index contributed by atoms with van der Waals surface area (Å²) in [5.41, 5.74) is 3.16. The number of hydrogen-bond acceptors (Lipinski definition) is 16. The van der Waals surface area contributed by atoms with Crippen molar-refractivity contribution < 1.29 is 27.6 Å². The average molecular weight is 725 g/mol. The quantitative estimate of drug-likeness (QED) is 0.0215. The molecule has 0 spiro atoms. The first-order chi connectivity index (χ1) is 24.7. The van der Waals surface area contributed by atoms with E-state index < -0.39 is 10.1 Å². The van der Waals surface area contributed by atoms with Crippen LogP contribution in [0.2, 0.25) is 0 Å². The zero-order valence-electron chi connectivity index (χ0n) is 26.5. The van der Waals surface area contributed by atoms with Crippen LogP contribution in [0.1, 0.15) is 17.0 Å². The molecule has 0 bridgehead atoms. The van der Waals surface area contributed by atoms with Gasteiger partial charge in [0.25, 0.3) is 10.1 Å². The summed E-state index contributed by atoms with van der Waals surface area (Å²) in [5.74, 6) is 1.51. The van der Waals surface area contributed by atoms with E-state index in [2.05, 4.69) is 56.2 Å². The fraction of sp³-hybridized carbons (Fsp3) is 0.0303. The molecule has 258 valence electrons. The summed E-state index contributed by atoms with van der Waals surface area (Å²) in [5, 5.41) is 24.9. The summed E-state index contributed by atoms with van der Waals surface area (Å²) in [6.45, 7) is 1.74. The smallest absolute Gasteiger partial charge is 0.295 e. The second-order valence-electron chi connectivity index (χ2n) is 10.4. The highest BCUT2D eigenvalue weighted by Gasteiger charge is 2.16. The molecule has 18 heteroatoms. The summed E-state index contributed by atoms with van der Waals surface area (Å²) < 4.78 is 39.7. The molecule has 2 aromatic heterocycles. The number of anilines is 8. The zero-order valence-corrected chi connectivity index (χ0v) is 28.1. The number of para-hydroxylation sites is 2. The van der Waals surface area contributed by atoms with Crippen LogP contribution < -0.4 is 21.3 Å². The van der Waals surface area contributed by atoms with Gasteiger partial charge in [0.1, 0.15) is 17.0 Å². The van der Waals surface area contributed by atoms with Gasteiger partial charge in [0.2, 0.25) is 23.8 Å². The molecule has 0 atom stereocenters. The van der Waals surface area contributed by atoms with E-state index in [4.69, 9.17) is 9.59 Å². The SMILES string of the molecule is Cc1nc(Nc2ccccc2)nc(Nc2ccc(/C=C/c3ccc(Nc4ncnc(Nc5ccccc5)n4)cc3S(=O)(=O)O)c(SOOO)c2)n1. The van der Waals surface area contributed by atoms with Crippen LogP contribution in [0.25, 0.3) is 12.2 Å². The van der Waals surface area contributed by atoms with Crippen molar-refractivity contribution in [3.8, 4) is 0 Å². The molecule has 0 unspecified atom stereocenters. The Kier molecular flexibility index (Phi) is 11.0. The number of aryl methyl sites for hydroxylation is 1. The molecule has 4 aromatic carbocycles. The molecular formula is C33H28N10O6S2. The lowest BCUT2D eigenvalue weighted by Crippen LogP contribution is -2.05. The fourth-order valence-electron chi connectivity index (χ4n) is 4.60. The maximum absolute atomic E-state index is 12.4. The predicted molar refractivity (Wildman–Crippen MR) is 193 cm³/mol. The first-order valence-electron chi connectivity index (χ1n) is 14.9. The van der Waals surface area contributed by atoms with Crippen LogP contribution in [-0.4, -0.2) is 48.1 Å². The standard InChI is InChI=1S/C33H28N10O6S2/c1-21-36-32(39-25-10-6-3-7-11-25)43-33(37-21)41-26-16-14-22(28(18-26)50-49-48-44)12-13-23-15-17-27(19-29(23)51(45,46)47)40-31-35-20-34-30(42-31)38-24-8-4-2-5-9-24/h2-20,44H,1H3,(H,45,46,47)(H2,34,35,38,40,42)(H2,36,37,39,41,43)/b13-12+. The number of nitrogens with one attached hydrogen (secondary N) is 4. The largest absolute Gasteiger partial charge is 0.324 e. The highest BCUT2D eigenvalue weighted by atomic mass is 32.2. The molecule has 2 heterocycles. The molecule has 0 radical (unpaired) electrons. The number of hydrogen-bond donors (Lipinski definition) is 6. The molecule has 0 aliphatic rings. The third-order valence-electron chi connectivity index (χ3n) is 6.79. The molecule has 51 heavy (non-hydrogen) atoms. The van der Waals surface area contributed by atoms with E-state index in [-0.39, 0.29) is 28.3 Å². The van der Waals surface area contributed by atoms with Crippen molar-refractivity contribution in [1.82, 2.24) is 29.9 Å². The molecule has 0 amide bonds. The van der Waals surface area contributed by atoms with Crippen LogP contribution in [0.15, 0.2) is 113 Å². The van der Waals surface area contributed by atoms with Gasteiger partial charge in [-0.05, 0) is 66.6 Å². The summed E-state index contributed by atoms with van der Waals surface area (Å²) in [7, 11) is -4.67. The monoisotopic (exact) mass is 724 g/mol. The molecule has 0 saturated carbocycles. The molecule has 0 aliphatic heterocycles. The van der Waals surface area contributed by atoms with Crippen molar-refractivity contribution in [2.75, 3.05) is 21.3 Å². The Labute approximate surface area is 295 Å². The number of benzene rings is 4. The van der Waals surface area contributed by atoms with Crippen molar-refractivity contribution in [2.45, 2.75) is 16.7 Å². The summed E-state index contributed by atoms with van der Waals surface area (Å²) in [4.78, 5) is 25.7. The van der Waals surface area contributed by atoms with Crippen molar-refractivity contribution in [2.24, 2.45) is 0 Å². The van der Waals surface area contributed by atoms with Gasteiger partial charge in [-0.25, -0.2) is 15.2 Å². The van der Waals surface area contributed by atoms with E-state index in [1.54, 1.807) is 37.3 Å². The highest BCUT2D eigenvalue weighted by molar-refractivity contribution is 7.94. The average Bonchev–Trinajstić information content (AvgIpc) is 3.11. The summed E-state index contributed by atoms with van der Waals surface area (Å²) in [6, 6.07) is 28.2. The molecule has 0 fully saturated rings. The second-order valence-corrected chi connectivity index (χ2v) is 12.6. The molecule has 6 rings (SSSR count). The number of nitrogens with zero attached hydrogens (tertiary/aromatic N) is 6. The third kappa shape index (κ3) is 9.79. The lowest BCUT2D eigenvalue weighted by molar-refractivity contribution is -0.432. The Hall–Kier alpha value is -6.02. The second kappa shape index (κ2) is 16.1. The van der Waals surface area contributed by atoms with Crippen LogP contribution in [0, 0.1) is 6.92 Å². The van der Waals surface area contributed by atoms with Crippen molar-refractivity contribution in [3.63, 3.8) is 0 Å². The van der Waals surface area contributed by atoms with E-state index in [1.165, 1.54) is 24.5 Å². The van der Waals surface area contributed by atoms with Crippen LogP contribution in [0.3, 0.4) is 0 Å². The Bertz CT molecular complexity index is 2270. The topological polar surface area (TPSA) is 219 Å². The van der Waals surface area contributed by atoms with Gasteiger partial charge < -0.3 is 21.3 Å². The van der Waals surface area contributed by atoms with Crippen molar-refractivity contribution in [1.29, 1.82) is 0 Å². The Morgan fingerprint density at radius 1 is 0.647 bits per heavy atom. The Balaban J connectivity index is 1.22. The van der Waals surface area contributed by atoms with Crippen molar-refractivity contribution >= 4 is 80.9 Å². The first kappa shape index (κ1) is 34.8. The minimum Gasteiger partial charge on any atom is -0.324 e. The van der Waals surface area contributed by atoms with Gasteiger partial charge in [-0.15, -0.1) is 4.33 Å². The zero-order chi connectivity index (χ0) is 35.6. The number of aromatic nitrogens is 6. The van der Waals surface area contributed by atoms with Gasteiger partial charge in [0, 0.05) is 27.6 Å². The molecule has 0 saturated heterocycles. The third-order valence-corrected chi connectivity index (χ3v) is 8.36. The Morgan fingerprint density at radius 2 is 1.16 bits per heavy atom. The van der Waals surface area contributed by atoms with E-state index in [0.717, 1.165) is 11.4 Å². The minimum atomic E-state index is -4.67. The van der Waals surface area contributed by atoms with Crippen LogP contribution in [-0.2, 0) is 19.5 Å². The van der Waals surface area contributed by atoms with E-state index in [9.17, 15) is 13.0 Å². The van der Waals surface area contributed by atoms with Gasteiger partial charge in [0.15, 0.2) is 0 Å². The lowest BCUT2D eigenvalue weighted by Gasteiger charge is -2.11. The highest BCUT2D eigenvalue weighted by Crippen LogP contribution is 2.31. The first-order valence-corrected chi connectivity index (χ1v) is 17.1. The number of rotatable bonds is 14. The summed E-state index contributed by atoms with van der Waals surface area (Å²) in [6.07, 6.45) is 4.41. The van der Waals surface area contributed by atoms with Gasteiger partial charge in [-0.1, -0.05) is 65.7 Å². The van der Waals surface area contributed by atoms with E-state index >= 15 is 0 Å². The van der Waals surface area contributed by atoms with Crippen LogP contribution in [0.5, 0.6) is 0 Å². The Morgan fingerprint density at radius 3 is 1.76 bits per heavy atom. The summed E-state index contributed by atoms with van der Waals surface area (Å²) >= 11 is 0.699. The molecule has 0 aliphatic carbocycles. The van der Waals surface area contributed by atoms with E-state index in [1.807, 2.05) is 60.7 Å². The van der Waals surface area contributed by atoms with E-state index in [0.29, 0.717) is 45.6 Å². The molecular weight excluding hydrogens is 697 g/mol. The molecule has 6 aromatic rings. The van der Waals surface area contributed by atoms with Gasteiger partial charge in [0.05, 0.1) is 12.0 Å². The fourth-order valence-corrected chi connectivity index (χ4v) is 5.82. The maximum Gasteiger partial charge on any atom is 0.295 e. The lowest BCUT2D eigenvalue weighted by atomic mass is 10.1. The van der Waals surface area contributed by atoms with Crippen molar-refractivity contribution in [3.05, 3.63) is 120 Å². The normalized spacial score (nSPS) is 11.4. The van der Waals surface area contributed by atoms with Gasteiger partial charge in [-0.2, -0.15) is 28.4 Å². The predicted octanol–water partition coefficient (Wildman–Crippen LogP) is 7.18. The van der Waals surface area contributed by atoms with Crippen LogP contribution in [0.4, 0.5) is 46.5 Å². The van der Waals surface area contributed by atoms with Gasteiger partial charge in [-0.3, -0.25) is 4.55 Å². The molecule has 6 N–H and O–H groups in total. The maximum atomic E-state index is 12.4.